The summed E-state index contributed by atoms with van der Waals surface area (Å²) in [7, 11) is 0. The van der Waals surface area contributed by atoms with Crippen molar-refractivity contribution in [1.29, 1.82) is 0 Å². The van der Waals surface area contributed by atoms with Crippen LogP contribution in [-0.2, 0) is 9.53 Å². The van der Waals surface area contributed by atoms with Gasteiger partial charge in [-0.15, -0.1) is 0 Å². The minimum absolute atomic E-state index is 0.00397. The van der Waals surface area contributed by atoms with Crippen LogP contribution in [0.1, 0.15) is 41.3 Å². The molecule has 0 saturated heterocycles. The summed E-state index contributed by atoms with van der Waals surface area (Å²) in [6.07, 6.45) is -0.750. The summed E-state index contributed by atoms with van der Waals surface area (Å²) in [6, 6.07) is 18.6. The molecule has 35 heavy (non-hydrogen) atoms. The third kappa shape index (κ3) is 4.97. The summed E-state index contributed by atoms with van der Waals surface area (Å²) >= 11 is 12.5. The summed E-state index contributed by atoms with van der Waals surface area (Å²) in [5, 5.41) is 14.1. The van der Waals surface area contributed by atoms with E-state index in [1.165, 1.54) is 26.0 Å². The SMILES string of the molecule is CC(C)(NC(=O)c1cc(Cl)c(NC(=O)OCC2c3ccccc3-c3ccccc32)c(Cl)c1)C(=O)O. The molecule has 180 valence electrons. The number of hydrogen-bond acceptors (Lipinski definition) is 4. The van der Waals surface area contributed by atoms with Gasteiger partial charge in [-0.3, -0.25) is 10.1 Å². The Morgan fingerprint density at radius 2 is 1.46 bits per heavy atom. The highest BCUT2D eigenvalue weighted by atomic mass is 35.5. The van der Waals surface area contributed by atoms with Crippen LogP contribution in [0.2, 0.25) is 10.0 Å². The van der Waals surface area contributed by atoms with Gasteiger partial charge in [-0.2, -0.15) is 0 Å². The number of halogens is 2. The van der Waals surface area contributed by atoms with E-state index >= 15 is 0 Å². The van der Waals surface area contributed by atoms with Crippen LogP contribution >= 0.6 is 23.2 Å². The number of aliphatic carboxylic acids is 1. The van der Waals surface area contributed by atoms with E-state index in [2.05, 4.69) is 10.6 Å². The standard InChI is InChI=1S/C26H22Cl2N2O5/c1-26(2,24(32)33)30-23(31)14-11-20(27)22(21(28)12-14)29-25(34)35-13-19-17-9-5-3-7-15(17)16-8-4-6-10-18(16)19/h3-12,19H,13H2,1-2H3,(H,29,34)(H,30,31)(H,32,33). The van der Waals surface area contributed by atoms with E-state index in [1.54, 1.807) is 0 Å². The minimum Gasteiger partial charge on any atom is -0.480 e. The number of fused-ring (bicyclic) bond motifs is 3. The largest absolute Gasteiger partial charge is 0.480 e. The quantitative estimate of drug-likeness (QED) is 0.378. The lowest BCUT2D eigenvalue weighted by Gasteiger charge is -2.21. The van der Waals surface area contributed by atoms with Gasteiger partial charge >= 0.3 is 12.1 Å². The third-order valence-corrected chi connectivity index (χ3v) is 6.43. The highest BCUT2D eigenvalue weighted by molar-refractivity contribution is 6.40. The topological polar surface area (TPSA) is 105 Å². The van der Waals surface area contributed by atoms with Crippen molar-refractivity contribution in [2.24, 2.45) is 0 Å². The molecule has 0 radical (unpaired) electrons. The Hall–Kier alpha value is -3.55. The molecule has 3 aromatic rings. The zero-order valence-corrected chi connectivity index (χ0v) is 20.4. The molecule has 4 rings (SSSR count). The Labute approximate surface area is 212 Å². The zero-order chi connectivity index (χ0) is 25.3. The second-order valence-corrected chi connectivity index (χ2v) is 9.46. The van der Waals surface area contributed by atoms with Gasteiger partial charge < -0.3 is 15.2 Å². The highest BCUT2D eigenvalue weighted by Crippen LogP contribution is 2.44. The van der Waals surface area contributed by atoms with Gasteiger partial charge in [-0.1, -0.05) is 71.7 Å². The van der Waals surface area contributed by atoms with E-state index in [4.69, 9.17) is 27.9 Å². The van der Waals surface area contributed by atoms with Crippen LogP contribution in [0.25, 0.3) is 11.1 Å². The second kappa shape index (κ2) is 9.60. The summed E-state index contributed by atoms with van der Waals surface area (Å²) in [4.78, 5) is 36.3. The van der Waals surface area contributed by atoms with Gasteiger partial charge in [0.25, 0.3) is 5.91 Å². The van der Waals surface area contributed by atoms with Gasteiger partial charge in [-0.25, -0.2) is 9.59 Å². The molecule has 0 unspecified atom stereocenters. The normalized spacial score (nSPS) is 12.5. The number of carboxylic acid groups (broad SMARTS) is 1. The molecule has 1 aliphatic rings. The lowest BCUT2D eigenvalue weighted by molar-refractivity contribution is -0.143. The molecule has 3 N–H and O–H groups in total. The van der Waals surface area contributed by atoms with Gasteiger partial charge in [0.05, 0.1) is 15.7 Å². The number of nitrogens with one attached hydrogen (secondary N) is 2. The Balaban J connectivity index is 1.46. The van der Waals surface area contributed by atoms with E-state index in [0.29, 0.717) is 0 Å². The number of hydrogen-bond donors (Lipinski definition) is 3. The number of anilines is 1. The molecule has 0 heterocycles. The van der Waals surface area contributed by atoms with Crippen molar-refractivity contribution in [3.63, 3.8) is 0 Å². The van der Waals surface area contributed by atoms with Gasteiger partial charge in [-0.05, 0) is 48.2 Å². The lowest BCUT2D eigenvalue weighted by Crippen LogP contribution is -2.49. The fourth-order valence-electron chi connectivity index (χ4n) is 3.97. The molecular formula is C26H22Cl2N2O5. The minimum atomic E-state index is -1.49. The number of carboxylic acids is 1. The van der Waals surface area contributed by atoms with Crippen molar-refractivity contribution in [1.82, 2.24) is 5.32 Å². The molecule has 0 fully saturated rings. The van der Waals surface area contributed by atoms with Gasteiger partial charge in [0.2, 0.25) is 0 Å². The van der Waals surface area contributed by atoms with Crippen molar-refractivity contribution in [2.45, 2.75) is 25.3 Å². The fraction of sp³-hybridized carbons (Fsp3) is 0.192. The predicted molar refractivity (Wildman–Crippen MR) is 134 cm³/mol. The Morgan fingerprint density at radius 1 is 0.943 bits per heavy atom. The summed E-state index contributed by atoms with van der Waals surface area (Å²) in [6.45, 7) is 2.81. The van der Waals surface area contributed by atoms with Crippen LogP contribution in [0.15, 0.2) is 60.7 Å². The first-order valence-electron chi connectivity index (χ1n) is 10.8. The van der Waals surface area contributed by atoms with Crippen molar-refractivity contribution in [3.8, 4) is 11.1 Å². The van der Waals surface area contributed by atoms with Crippen LogP contribution in [0, 0.1) is 0 Å². The highest BCUT2D eigenvalue weighted by Gasteiger charge is 2.31. The van der Waals surface area contributed by atoms with Crippen LogP contribution in [0.3, 0.4) is 0 Å². The van der Waals surface area contributed by atoms with E-state index in [0.717, 1.165) is 22.3 Å². The molecule has 0 spiro atoms. The number of ether oxygens (including phenoxy) is 1. The maximum absolute atomic E-state index is 12.6. The van der Waals surface area contributed by atoms with E-state index in [9.17, 15) is 19.5 Å². The molecule has 0 aromatic heterocycles. The zero-order valence-electron chi connectivity index (χ0n) is 18.9. The Kier molecular flexibility index (Phi) is 6.74. The molecule has 7 nitrogen and oxygen atoms in total. The van der Waals surface area contributed by atoms with Crippen LogP contribution in [0.4, 0.5) is 10.5 Å². The van der Waals surface area contributed by atoms with Crippen molar-refractivity contribution in [2.75, 3.05) is 11.9 Å². The number of amides is 2. The van der Waals surface area contributed by atoms with Crippen molar-refractivity contribution < 1.29 is 24.2 Å². The smallest absolute Gasteiger partial charge is 0.411 e. The molecule has 3 aromatic carbocycles. The maximum atomic E-state index is 12.6. The average Bonchev–Trinajstić information content (AvgIpc) is 3.13. The average molecular weight is 513 g/mol. The molecule has 1 aliphatic carbocycles. The van der Waals surface area contributed by atoms with Gasteiger partial charge in [0, 0.05) is 11.5 Å². The summed E-state index contributed by atoms with van der Waals surface area (Å²) in [5.74, 6) is -1.98. The first kappa shape index (κ1) is 24.6. The lowest BCUT2D eigenvalue weighted by atomic mass is 9.98. The molecule has 2 amide bonds. The number of carbonyl (C=O) groups excluding carboxylic acids is 2. The predicted octanol–water partition coefficient (Wildman–Crippen LogP) is 5.95. The molecule has 0 saturated carbocycles. The first-order chi connectivity index (χ1) is 16.6. The summed E-state index contributed by atoms with van der Waals surface area (Å²) < 4.78 is 5.51. The summed E-state index contributed by atoms with van der Waals surface area (Å²) in [5.41, 5.74) is 3.03. The Morgan fingerprint density at radius 3 is 1.97 bits per heavy atom. The molecule has 0 aliphatic heterocycles. The van der Waals surface area contributed by atoms with E-state index in [-0.39, 0.29) is 33.8 Å². The van der Waals surface area contributed by atoms with Crippen molar-refractivity contribution in [3.05, 3.63) is 87.4 Å². The third-order valence-electron chi connectivity index (χ3n) is 5.84. The number of carbonyl (C=O) groups is 3. The fourth-order valence-corrected chi connectivity index (χ4v) is 4.55. The monoisotopic (exact) mass is 512 g/mol. The first-order valence-corrected chi connectivity index (χ1v) is 11.5. The van der Waals surface area contributed by atoms with Crippen LogP contribution < -0.4 is 10.6 Å². The number of benzene rings is 3. The number of rotatable bonds is 6. The molecular weight excluding hydrogens is 491 g/mol. The van der Waals surface area contributed by atoms with E-state index in [1.807, 2.05) is 48.5 Å². The van der Waals surface area contributed by atoms with Crippen LogP contribution in [0.5, 0.6) is 0 Å². The Bertz CT molecular complexity index is 1270. The molecule has 0 bridgehead atoms. The van der Waals surface area contributed by atoms with E-state index < -0.39 is 23.5 Å². The molecule has 9 heteroatoms. The van der Waals surface area contributed by atoms with Gasteiger partial charge in [0.1, 0.15) is 12.1 Å². The van der Waals surface area contributed by atoms with Gasteiger partial charge in [0.15, 0.2) is 0 Å². The molecule has 0 atom stereocenters. The van der Waals surface area contributed by atoms with Crippen molar-refractivity contribution >= 4 is 46.9 Å². The second-order valence-electron chi connectivity index (χ2n) is 8.65. The maximum Gasteiger partial charge on any atom is 0.411 e. The van der Waals surface area contributed by atoms with Crippen LogP contribution in [-0.4, -0.2) is 35.2 Å².